The minimum absolute atomic E-state index is 0.474. The lowest BCUT2D eigenvalue weighted by Gasteiger charge is -2.37. The van der Waals surface area contributed by atoms with E-state index in [0.29, 0.717) is 5.56 Å². The van der Waals surface area contributed by atoms with Gasteiger partial charge >= 0.3 is 6.18 Å². The molecule has 0 aliphatic heterocycles. The van der Waals surface area contributed by atoms with E-state index < -0.39 is 23.4 Å². The van der Waals surface area contributed by atoms with E-state index in [2.05, 4.69) is 0 Å². The van der Waals surface area contributed by atoms with Crippen molar-refractivity contribution in [1.82, 2.24) is 4.90 Å². The highest BCUT2D eigenvalue weighted by Crippen LogP contribution is 2.33. The van der Waals surface area contributed by atoms with Crippen molar-refractivity contribution < 1.29 is 18.3 Å². The maximum absolute atomic E-state index is 12.4. The van der Waals surface area contributed by atoms with Gasteiger partial charge in [-0.05, 0) is 45.6 Å². The predicted octanol–water partition coefficient (Wildman–Crippen LogP) is 3.08. The van der Waals surface area contributed by atoms with Gasteiger partial charge in [0.25, 0.3) is 0 Å². The molecule has 2 nitrogen and oxygen atoms in total. The van der Waals surface area contributed by atoms with E-state index in [1.54, 1.807) is 0 Å². The molecule has 0 aliphatic carbocycles. The van der Waals surface area contributed by atoms with Crippen LogP contribution in [0.15, 0.2) is 24.3 Å². The molecule has 0 saturated carbocycles. The van der Waals surface area contributed by atoms with Crippen molar-refractivity contribution in [3.8, 4) is 0 Å². The number of hydrogen-bond donors (Lipinski definition) is 1. The second kappa shape index (κ2) is 4.90. The van der Waals surface area contributed by atoms with Crippen molar-refractivity contribution in [3.63, 3.8) is 0 Å². The SMILES string of the molecule is CN(C)C(C)(C)C(O)c1ccc(C(F)(F)F)cc1. The third kappa shape index (κ3) is 3.03. The Balaban J connectivity index is 2.99. The molecule has 0 aromatic heterocycles. The van der Waals surface area contributed by atoms with Crippen molar-refractivity contribution in [1.29, 1.82) is 0 Å². The first-order chi connectivity index (χ1) is 8.06. The van der Waals surface area contributed by atoms with Gasteiger partial charge in [0.1, 0.15) is 0 Å². The highest BCUT2D eigenvalue weighted by atomic mass is 19.4. The van der Waals surface area contributed by atoms with E-state index in [1.165, 1.54) is 12.1 Å². The van der Waals surface area contributed by atoms with Crippen LogP contribution in [0.3, 0.4) is 0 Å². The summed E-state index contributed by atoms with van der Waals surface area (Å²) >= 11 is 0. The van der Waals surface area contributed by atoms with Gasteiger partial charge in [-0.3, -0.25) is 0 Å². The van der Waals surface area contributed by atoms with Gasteiger partial charge in [0, 0.05) is 5.54 Å². The summed E-state index contributed by atoms with van der Waals surface area (Å²) in [5.74, 6) is 0. The van der Waals surface area contributed by atoms with E-state index in [-0.39, 0.29) is 0 Å². The molecule has 5 heteroatoms. The minimum Gasteiger partial charge on any atom is -0.386 e. The molecular weight excluding hydrogens is 243 g/mol. The fourth-order valence-corrected chi connectivity index (χ4v) is 1.51. The zero-order valence-corrected chi connectivity index (χ0v) is 10.9. The van der Waals surface area contributed by atoms with Gasteiger partial charge in [0.2, 0.25) is 0 Å². The van der Waals surface area contributed by atoms with Gasteiger partial charge < -0.3 is 10.0 Å². The number of benzene rings is 1. The molecule has 0 fully saturated rings. The van der Waals surface area contributed by atoms with Crippen molar-refractivity contribution in [2.45, 2.75) is 31.7 Å². The Morgan fingerprint density at radius 1 is 1.06 bits per heavy atom. The molecule has 1 unspecified atom stereocenters. The van der Waals surface area contributed by atoms with Gasteiger partial charge in [-0.1, -0.05) is 12.1 Å². The van der Waals surface area contributed by atoms with Crippen LogP contribution in [0.5, 0.6) is 0 Å². The number of aliphatic hydroxyl groups excluding tert-OH is 1. The van der Waals surface area contributed by atoms with Crippen LogP contribution in [-0.2, 0) is 6.18 Å². The number of aliphatic hydroxyl groups is 1. The molecule has 0 spiro atoms. The molecule has 0 saturated heterocycles. The van der Waals surface area contributed by atoms with Crippen LogP contribution in [0, 0.1) is 0 Å². The first-order valence-electron chi connectivity index (χ1n) is 5.59. The quantitative estimate of drug-likeness (QED) is 0.903. The molecule has 1 aromatic rings. The summed E-state index contributed by atoms with van der Waals surface area (Å²) in [7, 11) is 3.63. The molecular formula is C13H18F3NO. The number of nitrogens with zero attached hydrogens (tertiary/aromatic N) is 1. The monoisotopic (exact) mass is 261 g/mol. The molecule has 0 heterocycles. The average molecular weight is 261 g/mol. The maximum Gasteiger partial charge on any atom is 0.416 e. The maximum atomic E-state index is 12.4. The van der Waals surface area contributed by atoms with Gasteiger partial charge in [0.15, 0.2) is 0 Å². The molecule has 0 radical (unpaired) electrons. The Bertz CT molecular complexity index is 396. The Hall–Kier alpha value is -1.07. The zero-order chi connectivity index (χ0) is 14.1. The molecule has 1 rings (SSSR count). The van der Waals surface area contributed by atoms with E-state index in [4.69, 9.17) is 0 Å². The molecule has 0 amide bonds. The molecule has 18 heavy (non-hydrogen) atoms. The Kier molecular flexibility index (Phi) is 4.08. The van der Waals surface area contributed by atoms with E-state index in [9.17, 15) is 18.3 Å². The Labute approximate surface area is 105 Å². The smallest absolute Gasteiger partial charge is 0.386 e. The summed E-state index contributed by atoms with van der Waals surface area (Å²) in [6, 6.07) is 4.62. The Morgan fingerprint density at radius 3 is 1.83 bits per heavy atom. The summed E-state index contributed by atoms with van der Waals surface area (Å²) in [4.78, 5) is 1.83. The Morgan fingerprint density at radius 2 is 1.50 bits per heavy atom. The molecule has 1 atom stereocenters. The second-order valence-electron chi connectivity index (χ2n) is 5.07. The molecule has 1 N–H and O–H groups in total. The average Bonchev–Trinajstić information content (AvgIpc) is 2.26. The summed E-state index contributed by atoms with van der Waals surface area (Å²) < 4.78 is 37.2. The third-order valence-electron chi connectivity index (χ3n) is 3.38. The first kappa shape index (κ1) is 15.0. The van der Waals surface area contributed by atoms with E-state index in [1.807, 2.05) is 32.8 Å². The summed E-state index contributed by atoms with van der Waals surface area (Å²) in [6.07, 6.45) is -5.20. The van der Waals surface area contributed by atoms with Gasteiger partial charge in [-0.25, -0.2) is 0 Å². The topological polar surface area (TPSA) is 23.5 Å². The fraction of sp³-hybridized carbons (Fsp3) is 0.538. The molecule has 102 valence electrons. The minimum atomic E-state index is -4.35. The number of hydrogen-bond acceptors (Lipinski definition) is 2. The third-order valence-corrected chi connectivity index (χ3v) is 3.38. The van der Waals surface area contributed by atoms with Gasteiger partial charge in [-0.2, -0.15) is 13.2 Å². The number of rotatable bonds is 3. The number of likely N-dealkylation sites (N-methyl/N-ethyl adjacent to an activating group) is 1. The normalized spacial score (nSPS) is 14.9. The van der Waals surface area contributed by atoms with E-state index >= 15 is 0 Å². The largest absolute Gasteiger partial charge is 0.416 e. The number of alkyl halides is 3. The van der Waals surface area contributed by atoms with Crippen molar-refractivity contribution in [3.05, 3.63) is 35.4 Å². The highest BCUT2D eigenvalue weighted by molar-refractivity contribution is 5.27. The van der Waals surface area contributed by atoms with E-state index in [0.717, 1.165) is 12.1 Å². The second-order valence-corrected chi connectivity index (χ2v) is 5.07. The lowest BCUT2D eigenvalue weighted by atomic mass is 9.90. The van der Waals surface area contributed by atoms with Crippen LogP contribution in [0.25, 0.3) is 0 Å². The zero-order valence-electron chi connectivity index (χ0n) is 10.9. The van der Waals surface area contributed by atoms with Crippen LogP contribution in [0.1, 0.15) is 31.1 Å². The molecule has 0 bridgehead atoms. The van der Waals surface area contributed by atoms with Crippen molar-refractivity contribution in [2.75, 3.05) is 14.1 Å². The van der Waals surface area contributed by atoms with Crippen molar-refractivity contribution in [2.24, 2.45) is 0 Å². The highest BCUT2D eigenvalue weighted by Gasteiger charge is 2.33. The van der Waals surface area contributed by atoms with Crippen LogP contribution in [-0.4, -0.2) is 29.6 Å². The van der Waals surface area contributed by atoms with Crippen LogP contribution < -0.4 is 0 Å². The van der Waals surface area contributed by atoms with Gasteiger partial charge in [0.05, 0.1) is 11.7 Å². The summed E-state index contributed by atoms with van der Waals surface area (Å²) in [5, 5.41) is 10.2. The first-order valence-corrected chi connectivity index (χ1v) is 5.59. The van der Waals surface area contributed by atoms with Gasteiger partial charge in [-0.15, -0.1) is 0 Å². The standard InChI is InChI=1S/C13H18F3NO/c1-12(2,17(3)4)11(18)9-5-7-10(8-6-9)13(14,15)16/h5-8,11,18H,1-4H3. The molecule has 0 aliphatic rings. The molecule has 1 aromatic carbocycles. The van der Waals surface area contributed by atoms with Crippen LogP contribution >= 0.6 is 0 Å². The summed E-state index contributed by atoms with van der Waals surface area (Å²) in [5.41, 5.74) is -0.789. The van der Waals surface area contributed by atoms with Crippen LogP contribution in [0.2, 0.25) is 0 Å². The fourth-order valence-electron chi connectivity index (χ4n) is 1.51. The van der Waals surface area contributed by atoms with Crippen LogP contribution in [0.4, 0.5) is 13.2 Å². The summed E-state index contributed by atoms with van der Waals surface area (Å²) in [6.45, 7) is 3.66. The number of halogens is 3. The van der Waals surface area contributed by atoms with Crippen molar-refractivity contribution >= 4 is 0 Å². The lowest BCUT2D eigenvalue weighted by Crippen LogP contribution is -2.43. The lowest BCUT2D eigenvalue weighted by molar-refractivity contribution is -0.137. The predicted molar refractivity (Wildman–Crippen MR) is 64.2 cm³/mol.